The number of carbonyl (C=O) groups excluding carboxylic acids is 2. The van der Waals surface area contributed by atoms with Gasteiger partial charge >= 0.3 is 0 Å². The maximum absolute atomic E-state index is 12.3. The van der Waals surface area contributed by atoms with Crippen molar-refractivity contribution in [1.82, 2.24) is 5.32 Å². The standard InChI is InChI=1S/C22H34ClNO6/c1-21-17(23)12-13-18(26)22(21,29)15-16(20(28)30-21)24-19(27)11-9-7-5-3-2-4-6-8-10-14-25/h9,11-13,16-17,20,25,28-29H,2-8,10,14-15H2,1H3,(H,24,27)/t16-,17+,20+,21-,22+/m0/s1. The van der Waals surface area contributed by atoms with E-state index >= 15 is 0 Å². The second-order valence-corrected chi connectivity index (χ2v) is 8.78. The van der Waals surface area contributed by atoms with Gasteiger partial charge in [0.2, 0.25) is 5.91 Å². The van der Waals surface area contributed by atoms with Gasteiger partial charge in [-0.1, -0.05) is 44.3 Å². The van der Waals surface area contributed by atoms with Crippen LogP contribution < -0.4 is 5.32 Å². The van der Waals surface area contributed by atoms with Gasteiger partial charge in [-0.3, -0.25) is 9.59 Å². The number of carbonyl (C=O) groups is 2. The minimum atomic E-state index is -1.92. The number of hydrogen-bond acceptors (Lipinski definition) is 6. The van der Waals surface area contributed by atoms with Crippen molar-refractivity contribution in [3.8, 4) is 0 Å². The monoisotopic (exact) mass is 443 g/mol. The molecule has 5 atom stereocenters. The Kier molecular flexibility index (Phi) is 9.50. The molecule has 7 nitrogen and oxygen atoms in total. The predicted molar refractivity (Wildman–Crippen MR) is 114 cm³/mol. The fraction of sp³-hybridized carbons (Fsp3) is 0.727. The lowest BCUT2D eigenvalue weighted by Crippen LogP contribution is -2.72. The smallest absolute Gasteiger partial charge is 0.244 e. The number of fused-ring (bicyclic) bond motifs is 1. The molecule has 2 rings (SSSR count). The van der Waals surface area contributed by atoms with Crippen molar-refractivity contribution in [2.24, 2.45) is 0 Å². The second kappa shape index (κ2) is 11.4. The summed E-state index contributed by atoms with van der Waals surface area (Å²) in [5.41, 5.74) is -3.40. The van der Waals surface area contributed by atoms with Gasteiger partial charge in [-0.15, -0.1) is 11.6 Å². The maximum Gasteiger partial charge on any atom is 0.244 e. The molecule has 0 saturated carbocycles. The van der Waals surface area contributed by atoms with Gasteiger partial charge in [-0.05, 0) is 38.3 Å². The van der Waals surface area contributed by atoms with Crippen LogP contribution in [0.15, 0.2) is 24.3 Å². The number of aliphatic hydroxyl groups is 3. The summed E-state index contributed by atoms with van der Waals surface area (Å²) in [6, 6.07) is -0.932. The molecule has 0 spiro atoms. The summed E-state index contributed by atoms with van der Waals surface area (Å²) in [6.07, 6.45) is 12.4. The van der Waals surface area contributed by atoms with E-state index in [4.69, 9.17) is 21.4 Å². The number of alkyl halides is 1. The van der Waals surface area contributed by atoms with Crippen LogP contribution in [0.4, 0.5) is 0 Å². The van der Waals surface area contributed by atoms with Gasteiger partial charge in [0, 0.05) is 13.0 Å². The molecule has 1 fully saturated rings. The number of ether oxygens (including phenoxy) is 1. The molecule has 0 aromatic carbocycles. The molecular formula is C22H34ClNO6. The molecule has 1 aliphatic carbocycles. The lowest BCUT2D eigenvalue weighted by Gasteiger charge is -2.53. The Balaban J connectivity index is 1.76. The van der Waals surface area contributed by atoms with Crippen LogP contribution in [0.2, 0.25) is 0 Å². The Morgan fingerprint density at radius 2 is 1.90 bits per heavy atom. The highest BCUT2D eigenvalue weighted by atomic mass is 35.5. The van der Waals surface area contributed by atoms with Gasteiger partial charge in [0.05, 0.1) is 11.4 Å². The number of ketones is 1. The summed E-state index contributed by atoms with van der Waals surface area (Å²) < 4.78 is 5.53. The summed E-state index contributed by atoms with van der Waals surface area (Å²) in [6.45, 7) is 1.75. The number of rotatable bonds is 11. The largest absolute Gasteiger partial charge is 0.396 e. The Labute approximate surface area is 183 Å². The Morgan fingerprint density at radius 3 is 2.57 bits per heavy atom. The zero-order valence-corrected chi connectivity index (χ0v) is 18.3. The summed E-state index contributed by atoms with van der Waals surface area (Å²) in [7, 11) is 0. The molecular weight excluding hydrogens is 410 g/mol. The molecule has 0 aromatic rings. The Bertz CT molecular complexity index is 654. The van der Waals surface area contributed by atoms with E-state index in [9.17, 15) is 19.8 Å². The summed E-state index contributed by atoms with van der Waals surface area (Å²) in [5, 5.41) is 31.8. The first-order chi connectivity index (χ1) is 14.2. The fourth-order valence-electron chi connectivity index (χ4n) is 3.99. The molecule has 0 unspecified atom stereocenters. The van der Waals surface area contributed by atoms with Crippen molar-refractivity contribution in [2.45, 2.75) is 93.6 Å². The number of hydrogen-bond donors (Lipinski definition) is 4. The van der Waals surface area contributed by atoms with Crippen molar-refractivity contribution in [2.75, 3.05) is 6.61 Å². The van der Waals surface area contributed by atoms with Crippen molar-refractivity contribution >= 4 is 23.3 Å². The second-order valence-electron chi connectivity index (χ2n) is 8.31. The van der Waals surface area contributed by atoms with E-state index in [2.05, 4.69) is 5.32 Å². The number of aliphatic hydroxyl groups excluding tert-OH is 2. The van der Waals surface area contributed by atoms with E-state index in [0.717, 1.165) is 51.4 Å². The molecule has 8 heteroatoms. The van der Waals surface area contributed by atoms with Crippen LogP contribution in [0, 0.1) is 0 Å². The van der Waals surface area contributed by atoms with Gasteiger partial charge in [-0.25, -0.2) is 0 Å². The SMILES string of the molecule is C[C@@]12O[C@@H](O)[C@@H](NC(=O)C=CCCCCCCCCCO)C[C@@]1(O)C(=O)C=C[C@H]2Cl. The zero-order valence-electron chi connectivity index (χ0n) is 17.6. The normalized spacial score (nSPS) is 33.6. The first-order valence-corrected chi connectivity index (χ1v) is 11.2. The van der Waals surface area contributed by atoms with E-state index in [0.29, 0.717) is 0 Å². The van der Waals surface area contributed by atoms with Crippen LogP contribution in [0.25, 0.3) is 0 Å². The molecule has 1 heterocycles. The average Bonchev–Trinajstić information content (AvgIpc) is 2.70. The molecule has 0 bridgehead atoms. The van der Waals surface area contributed by atoms with E-state index in [-0.39, 0.29) is 13.0 Å². The third-order valence-corrected chi connectivity index (χ3v) is 6.58. The topological polar surface area (TPSA) is 116 Å². The highest BCUT2D eigenvalue weighted by Crippen LogP contribution is 2.45. The van der Waals surface area contributed by atoms with Crippen molar-refractivity contribution in [3.63, 3.8) is 0 Å². The first-order valence-electron chi connectivity index (χ1n) is 10.8. The predicted octanol–water partition coefficient (Wildman–Crippen LogP) is 2.12. The lowest BCUT2D eigenvalue weighted by molar-refractivity contribution is -0.281. The quantitative estimate of drug-likeness (QED) is 0.221. The number of halogens is 1. The van der Waals surface area contributed by atoms with Crippen LogP contribution in [-0.2, 0) is 14.3 Å². The summed E-state index contributed by atoms with van der Waals surface area (Å²) in [4.78, 5) is 24.5. The van der Waals surface area contributed by atoms with Crippen LogP contribution in [-0.4, -0.2) is 62.5 Å². The van der Waals surface area contributed by atoms with E-state index in [1.807, 2.05) is 0 Å². The molecule has 170 valence electrons. The average molecular weight is 444 g/mol. The van der Waals surface area contributed by atoms with Gasteiger partial charge in [0.15, 0.2) is 17.7 Å². The number of allylic oxidation sites excluding steroid dienone is 1. The highest BCUT2D eigenvalue weighted by Gasteiger charge is 2.63. The minimum absolute atomic E-state index is 0.188. The van der Waals surface area contributed by atoms with Gasteiger partial charge in [0.1, 0.15) is 5.60 Å². The van der Waals surface area contributed by atoms with E-state index in [1.54, 1.807) is 6.08 Å². The van der Waals surface area contributed by atoms with E-state index < -0.39 is 40.6 Å². The molecule has 2 aliphatic rings. The molecule has 4 N–H and O–H groups in total. The van der Waals surface area contributed by atoms with Crippen LogP contribution >= 0.6 is 11.6 Å². The van der Waals surface area contributed by atoms with Crippen LogP contribution in [0.3, 0.4) is 0 Å². The fourth-order valence-corrected chi connectivity index (χ4v) is 4.29. The van der Waals surface area contributed by atoms with Crippen LogP contribution in [0.5, 0.6) is 0 Å². The first kappa shape index (κ1) is 25.0. The number of nitrogens with one attached hydrogen (secondary N) is 1. The molecule has 1 amide bonds. The zero-order chi connectivity index (χ0) is 22.2. The van der Waals surface area contributed by atoms with Crippen LogP contribution in [0.1, 0.15) is 64.7 Å². The third-order valence-electron chi connectivity index (χ3n) is 6.02. The summed E-state index contributed by atoms with van der Waals surface area (Å²) in [5.74, 6) is -0.972. The van der Waals surface area contributed by atoms with Crippen molar-refractivity contribution < 1.29 is 29.6 Å². The van der Waals surface area contributed by atoms with Gasteiger partial charge in [0.25, 0.3) is 0 Å². The highest BCUT2D eigenvalue weighted by molar-refractivity contribution is 6.24. The van der Waals surface area contributed by atoms with Gasteiger partial charge < -0.3 is 25.4 Å². The molecule has 1 aliphatic heterocycles. The van der Waals surface area contributed by atoms with Crippen molar-refractivity contribution in [1.29, 1.82) is 0 Å². The number of amides is 1. The lowest BCUT2D eigenvalue weighted by atomic mass is 9.69. The molecule has 1 saturated heterocycles. The maximum atomic E-state index is 12.3. The Morgan fingerprint density at radius 1 is 1.27 bits per heavy atom. The van der Waals surface area contributed by atoms with Crippen molar-refractivity contribution in [3.05, 3.63) is 24.3 Å². The Hall–Kier alpha value is -1.25. The molecule has 0 radical (unpaired) electrons. The number of unbranched alkanes of at least 4 members (excludes halogenated alkanes) is 7. The van der Waals surface area contributed by atoms with Gasteiger partial charge in [-0.2, -0.15) is 0 Å². The van der Waals surface area contributed by atoms with E-state index in [1.165, 1.54) is 25.2 Å². The third kappa shape index (κ3) is 5.92. The summed E-state index contributed by atoms with van der Waals surface area (Å²) >= 11 is 6.21. The minimum Gasteiger partial charge on any atom is -0.396 e. The molecule has 30 heavy (non-hydrogen) atoms. The molecule has 0 aromatic heterocycles.